The van der Waals surface area contributed by atoms with Crippen LogP contribution in [0.5, 0.6) is 0 Å². The molecule has 3 nitrogen and oxygen atoms in total. The van der Waals surface area contributed by atoms with E-state index < -0.39 is 0 Å². The van der Waals surface area contributed by atoms with Crippen LogP contribution < -0.4 is 10.2 Å². The van der Waals surface area contributed by atoms with Gasteiger partial charge in [-0.15, -0.1) is 0 Å². The molecule has 18 heavy (non-hydrogen) atoms. The van der Waals surface area contributed by atoms with Crippen molar-refractivity contribution in [3.05, 3.63) is 29.6 Å². The number of halogens is 1. The van der Waals surface area contributed by atoms with E-state index in [0.29, 0.717) is 12.2 Å². The molecule has 2 atom stereocenters. The highest BCUT2D eigenvalue weighted by Crippen LogP contribution is 2.27. The highest BCUT2D eigenvalue weighted by atomic mass is 19.1. The van der Waals surface area contributed by atoms with Crippen LogP contribution in [-0.4, -0.2) is 32.8 Å². The van der Waals surface area contributed by atoms with Crippen molar-refractivity contribution >= 4 is 5.69 Å². The number of ether oxygens (including phenoxy) is 1. The fraction of sp³-hybridized carbons (Fsp3) is 0.571. The minimum absolute atomic E-state index is 0.159. The van der Waals surface area contributed by atoms with Gasteiger partial charge in [-0.3, -0.25) is 0 Å². The lowest BCUT2D eigenvalue weighted by Gasteiger charge is -2.29. The second kappa shape index (κ2) is 5.67. The quantitative estimate of drug-likeness (QED) is 0.888. The first-order valence-corrected chi connectivity index (χ1v) is 6.41. The summed E-state index contributed by atoms with van der Waals surface area (Å²) >= 11 is 0. The van der Waals surface area contributed by atoms with Crippen molar-refractivity contribution < 1.29 is 9.13 Å². The molecule has 4 heteroatoms. The zero-order valence-corrected chi connectivity index (χ0v) is 11.2. The van der Waals surface area contributed by atoms with Crippen LogP contribution in [0.3, 0.4) is 0 Å². The summed E-state index contributed by atoms with van der Waals surface area (Å²) in [5.41, 5.74) is 1.61. The molecular weight excluding hydrogens is 231 g/mol. The fourth-order valence-electron chi connectivity index (χ4n) is 2.56. The van der Waals surface area contributed by atoms with E-state index in [1.165, 1.54) is 0 Å². The Balaban J connectivity index is 2.17. The molecule has 0 aromatic heterocycles. The predicted octanol–water partition coefficient (Wildman–Crippen LogP) is 2.16. The topological polar surface area (TPSA) is 24.5 Å². The molecule has 1 aromatic carbocycles. The molecule has 1 aliphatic heterocycles. The first-order valence-electron chi connectivity index (χ1n) is 6.41. The van der Waals surface area contributed by atoms with Crippen LogP contribution in [0.4, 0.5) is 10.1 Å². The number of anilines is 1. The highest BCUT2D eigenvalue weighted by molar-refractivity contribution is 5.49. The van der Waals surface area contributed by atoms with Gasteiger partial charge in [0.1, 0.15) is 5.82 Å². The van der Waals surface area contributed by atoms with Gasteiger partial charge >= 0.3 is 0 Å². The second-order valence-corrected chi connectivity index (χ2v) is 4.86. The largest absolute Gasteiger partial charge is 0.376 e. The lowest BCUT2D eigenvalue weighted by molar-refractivity contribution is 0.118. The van der Waals surface area contributed by atoms with Gasteiger partial charge in [-0.05, 0) is 38.1 Å². The highest BCUT2D eigenvalue weighted by Gasteiger charge is 2.29. The van der Waals surface area contributed by atoms with Crippen molar-refractivity contribution in [1.29, 1.82) is 0 Å². The van der Waals surface area contributed by atoms with Crippen molar-refractivity contribution in [1.82, 2.24) is 5.32 Å². The molecule has 0 aliphatic carbocycles. The molecule has 1 aromatic rings. The Kier molecular flexibility index (Phi) is 4.19. The molecule has 1 N–H and O–H groups in total. The van der Waals surface area contributed by atoms with Crippen LogP contribution in [0, 0.1) is 5.82 Å². The minimum Gasteiger partial charge on any atom is -0.376 e. The third-order valence-corrected chi connectivity index (χ3v) is 3.61. The van der Waals surface area contributed by atoms with Crippen molar-refractivity contribution in [2.75, 3.05) is 25.6 Å². The van der Waals surface area contributed by atoms with Gasteiger partial charge in [0, 0.05) is 20.2 Å². The average Bonchev–Trinajstić information content (AvgIpc) is 2.75. The molecule has 2 rings (SSSR count). The van der Waals surface area contributed by atoms with Crippen molar-refractivity contribution in [3.63, 3.8) is 0 Å². The Morgan fingerprint density at radius 2 is 2.28 bits per heavy atom. The van der Waals surface area contributed by atoms with Crippen LogP contribution in [0.25, 0.3) is 0 Å². The number of rotatable bonds is 4. The molecule has 0 amide bonds. The Bertz CT molecular complexity index is 411. The summed E-state index contributed by atoms with van der Waals surface area (Å²) in [5, 5.41) is 3.02. The minimum atomic E-state index is -0.163. The first-order chi connectivity index (χ1) is 8.63. The Labute approximate surface area is 108 Å². The molecular formula is C14H21FN2O. The molecule has 100 valence electrons. The number of hydrogen-bond donors (Lipinski definition) is 1. The molecule has 1 aliphatic rings. The number of hydrogen-bond acceptors (Lipinski definition) is 3. The standard InChI is InChI=1S/C14H21FN2O/c1-10-13(6-7-18-10)17(3)14-5-4-11(9-16-2)8-12(14)15/h4-5,8,10,13,16H,6-7,9H2,1-3H3. The van der Waals surface area contributed by atoms with Crippen molar-refractivity contribution in [2.45, 2.75) is 32.0 Å². The monoisotopic (exact) mass is 252 g/mol. The van der Waals surface area contributed by atoms with Gasteiger partial charge in [0.05, 0.1) is 17.8 Å². The number of likely N-dealkylation sites (N-methyl/N-ethyl adjacent to an activating group) is 1. The van der Waals surface area contributed by atoms with E-state index >= 15 is 0 Å². The van der Waals surface area contributed by atoms with Crippen molar-refractivity contribution in [3.8, 4) is 0 Å². The van der Waals surface area contributed by atoms with Crippen LogP contribution >= 0.6 is 0 Å². The second-order valence-electron chi connectivity index (χ2n) is 4.86. The van der Waals surface area contributed by atoms with Crippen molar-refractivity contribution in [2.24, 2.45) is 0 Å². The third kappa shape index (κ3) is 2.65. The van der Waals surface area contributed by atoms with Gasteiger partial charge in [0.25, 0.3) is 0 Å². The Morgan fingerprint density at radius 1 is 1.50 bits per heavy atom. The molecule has 1 heterocycles. The lowest BCUT2D eigenvalue weighted by Crippen LogP contribution is -2.37. The van der Waals surface area contributed by atoms with Crippen LogP contribution in [-0.2, 0) is 11.3 Å². The summed E-state index contributed by atoms with van der Waals surface area (Å²) in [6.45, 7) is 3.49. The normalized spacial score (nSPS) is 23.3. The fourth-order valence-corrected chi connectivity index (χ4v) is 2.56. The Hall–Kier alpha value is -1.13. The first kappa shape index (κ1) is 13.3. The van der Waals surface area contributed by atoms with E-state index in [4.69, 9.17) is 4.74 Å². The molecule has 2 unspecified atom stereocenters. The van der Waals surface area contributed by atoms with E-state index in [9.17, 15) is 4.39 Å². The smallest absolute Gasteiger partial charge is 0.146 e. The van der Waals surface area contributed by atoms with E-state index in [1.54, 1.807) is 6.07 Å². The zero-order valence-electron chi connectivity index (χ0n) is 11.2. The van der Waals surface area contributed by atoms with E-state index in [-0.39, 0.29) is 18.0 Å². The zero-order chi connectivity index (χ0) is 13.1. The molecule has 1 fully saturated rings. The number of nitrogens with one attached hydrogen (secondary N) is 1. The summed E-state index contributed by atoms with van der Waals surface area (Å²) < 4.78 is 19.6. The van der Waals surface area contributed by atoms with E-state index in [0.717, 1.165) is 18.6 Å². The van der Waals surface area contributed by atoms with Crippen LogP contribution in [0.2, 0.25) is 0 Å². The van der Waals surface area contributed by atoms with Gasteiger partial charge in [-0.2, -0.15) is 0 Å². The van der Waals surface area contributed by atoms with Gasteiger partial charge in [0.15, 0.2) is 0 Å². The summed E-state index contributed by atoms with van der Waals surface area (Å²) in [4.78, 5) is 2.00. The predicted molar refractivity (Wildman–Crippen MR) is 71.4 cm³/mol. The van der Waals surface area contributed by atoms with Gasteiger partial charge in [-0.1, -0.05) is 6.07 Å². The average molecular weight is 252 g/mol. The molecule has 0 saturated carbocycles. The van der Waals surface area contributed by atoms with Crippen LogP contribution in [0.1, 0.15) is 18.9 Å². The van der Waals surface area contributed by atoms with Crippen LogP contribution in [0.15, 0.2) is 18.2 Å². The maximum Gasteiger partial charge on any atom is 0.146 e. The maximum absolute atomic E-state index is 14.1. The number of benzene rings is 1. The van der Waals surface area contributed by atoms with Gasteiger partial charge in [-0.25, -0.2) is 4.39 Å². The third-order valence-electron chi connectivity index (χ3n) is 3.61. The lowest BCUT2D eigenvalue weighted by atomic mass is 10.1. The van der Waals surface area contributed by atoms with Gasteiger partial charge < -0.3 is 15.0 Å². The summed E-state index contributed by atoms with van der Waals surface area (Å²) in [6.07, 6.45) is 1.11. The molecule has 0 bridgehead atoms. The SMILES string of the molecule is CNCc1ccc(N(C)C2CCOC2C)c(F)c1. The summed E-state index contributed by atoms with van der Waals surface area (Å²) in [5.74, 6) is -0.163. The molecule has 0 radical (unpaired) electrons. The number of nitrogens with zero attached hydrogens (tertiary/aromatic N) is 1. The molecule has 0 spiro atoms. The molecule has 1 saturated heterocycles. The maximum atomic E-state index is 14.1. The summed E-state index contributed by atoms with van der Waals surface area (Å²) in [7, 11) is 3.79. The van der Waals surface area contributed by atoms with Gasteiger partial charge in [0.2, 0.25) is 0 Å². The van der Waals surface area contributed by atoms with E-state index in [1.807, 2.05) is 38.1 Å². The van der Waals surface area contributed by atoms with E-state index in [2.05, 4.69) is 5.32 Å². The summed E-state index contributed by atoms with van der Waals surface area (Å²) in [6, 6.07) is 5.68. The Morgan fingerprint density at radius 3 is 2.83 bits per heavy atom.